The van der Waals surface area contributed by atoms with E-state index in [1.807, 2.05) is 0 Å². The fourth-order valence-electron chi connectivity index (χ4n) is 0.922. The third-order valence-electron chi connectivity index (χ3n) is 1.64. The predicted octanol–water partition coefficient (Wildman–Crippen LogP) is -0.831. The van der Waals surface area contributed by atoms with Crippen LogP contribution in [-0.4, -0.2) is 40.2 Å². The monoisotopic (exact) mass is 172 g/mol. The molecule has 12 heavy (non-hydrogen) atoms. The van der Waals surface area contributed by atoms with Crippen molar-refractivity contribution in [2.45, 2.75) is 18.3 Å². The van der Waals surface area contributed by atoms with Crippen molar-refractivity contribution in [3.8, 4) is 0 Å². The SMILES string of the molecule is OCC(O)C(O)C1C=CC=CO1. The van der Waals surface area contributed by atoms with Crippen molar-refractivity contribution in [1.82, 2.24) is 0 Å². The summed E-state index contributed by atoms with van der Waals surface area (Å²) in [6.45, 7) is -0.474. The third kappa shape index (κ3) is 2.07. The van der Waals surface area contributed by atoms with E-state index in [4.69, 9.17) is 14.9 Å². The molecular formula is C8H12O4. The lowest BCUT2D eigenvalue weighted by molar-refractivity contribution is -0.0652. The minimum Gasteiger partial charge on any atom is -0.491 e. The smallest absolute Gasteiger partial charge is 0.145 e. The van der Waals surface area contributed by atoms with Crippen LogP contribution in [0, 0.1) is 0 Å². The standard InChI is InChI=1S/C8H12O4/c9-5-6(10)8(11)7-3-1-2-4-12-7/h1-4,6-11H,5H2. The molecule has 0 aromatic heterocycles. The number of allylic oxidation sites excluding steroid dienone is 2. The highest BCUT2D eigenvalue weighted by molar-refractivity contribution is 5.09. The Morgan fingerprint density at radius 1 is 1.33 bits per heavy atom. The molecule has 3 unspecified atom stereocenters. The van der Waals surface area contributed by atoms with E-state index >= 15 is 0 Å². The number of ether oxygens (including phenoxy) is 1. The lowest BCUT2D eigenvalue weighted by atomic mass is 10.1. The minimum absolute atomic E-state index is 0.474. The molecule has 0 saturated heterocycles. The van der Waals surface area contributed by atoms with E-state index in [-0.39, 0.29) is 0 Å². The summed E-state index contributed by atoms with van der Waals surface area (Å²) in [5, 5.41) is 26.9. The molecule has 0 radical (unpaired) electrons. The Bertz CT molecular complexity index is 187. The summed E-state index contributed by atoms with van der Waals surface area (Å²) in [6.07, 6.45) is 3.61. The highest BCUT2D eigenvalue weighted by Crippen LogP contribution is 2.09. The van der Waals surface area contributed by atoms with Gasteiger partial charge < -0.3 is 20.1 Å². The summed E-state index contributed by atoms with van der Waals surface area (Å²) in [5.74, 6) is 0. The van der Waals surface area contributed by atoms with Crippen LogP contribution in [-0.2, 0) is 4.74 Å². The molecule has 68 valence electrons. The Balaban J connectivity index is 2.47. The molecule has 0 saturated carbocycles. The molecule has 4 nitrogen and oxygen atoms in total. The lowest BCUT2D eigenvalue weighted by Gasteiger charge is -2.23. The average molecular weight is 172 g/mol. The first-order valence-electron chi connectivity index (χ1n) is 3.71. The van der Waals surface area contributed by atoms with E-state index in [9.17, 15) is 5.11 Å². The Morgan fingerprint density at radius 3 is 2.58 bits per heavy atom. The van der Waals surface area contributed by atoms with E-state index in [0.717, 1.165) is 0 Å². The minimum atomic E-state index is -1.16. The maximum absolute atomic E-state index is 9.32. The lowest BCUT2D eigenvalue weighted by Crippen LogP contribution is -2.39. The van der Waals surface area contributed by atoms with Crippen LogP contribution >= 0.6 is 0 Å². The van der Waals surface area contributed by atoms with Crippen molar-refractivity contribution < 1.29 is 20.1 Å². The number of aliphatic hydroxyl groups excluding tert-OH is 3. The van der Waals surface area contributed by atoms with Crippen LogP contribution in [0.15, 0.2) is 24.5 Å². The van der Waals surface area contributed by atoms with Gasteiger partial charge in [-0.2, -0.15) is 0 Å². The molecule has 1 aliphatic heterocycles. The Morgan fingerprint density at radius 2 is 2.08 bits per heavy atom. The van der Waals surface area contributed by atoms with Crippen LogP contribution in [0.25, 0.3) is 0 Å². The van der Waals surface area contributed by atoms with Gasteiger partial charge in [0.15, 0.2) is 0 Å². The molecule has 0 aliphatic carbocycles. The molecule has 0 amide bonds. The molecule has 0 spiro atoms. The van der Waals surface area contributed by atoms with E-state index in [2.05, 4.69) is 0 Å². The average Bonchev–Trinajstić information content (AvgIpc) is 2.17. The quantitative estimate of drug-likeness (QED) is 0.519. The summed E-state index contributed by atoms with van der Waals surface area (Å²) in [6, 6.07) is 0. The summed E-state index contributed by atoms with van der Waals surface area (Å²) < 4.78 is 4.97. The largest absolute Gasteiger partial charge is 0.491 e. The number of hydrogen-bond acceptors (Lipinski definition) is 4. The van der Waals surface area contributed by atoms with Crippen LogP contribution in [0.5, 0.6) is 0 Å². The number of aliphatic hydroxyl groups is 3. The van der Waals surface area contributed by atoms with Gasteiger partial charge in [0, 0.05) is 0 Å². The second-order valence-corrected chi connectivity index (χ2v) is 2.55. The van der Waals surface area contributed by atoms with Gasteiger partial charge in [0.1, 0.15) is 18.3 Å². The first-order valence-corrected chi connectivity index (χ1v) is 3.71. The van der Waals surface area contributed by atoms with Gasteiger partial charge >= 0.3 is 0 Å². The molecule has 1 rings (SSSR count). The predicted molar refractivity (Wildman–Crippen MR) is 42.3 cm³/mol. The zero-order chi connectivity index (χ0) is 8.97. The summed E-state index contributed by atoms with van der Waals surface area (Å²) >= 11 is 0. The van der Waals surface area contributed by atoms with E-state index in [1.165, 1.54) is 6.26 Å². The molecule has 0 aromatic rings. The van der Waals surface area contributed by atoms with Gasteiger partial charge in [-0.05, 0) is 12.2 Å². The Kier molecular flexibility index (Phi) is 3.28. The van der Waals surface area contributed by atoms with Crippen molar-refractivity contribution in [1.29, 1.82) is 0 Å². The summed E-state index contributed by atoms with van der Waals surface area (Å²) in [4.78, 5) is 0. The molecule has 0 bridgehead atoms. The molecule has 1 aliphatic rings. The maximum atomic E-state index is 9.32. The second-order valence-electron chi connectivity index (χ2n) is 2.55. The second kappa shape index (κ2) is 4.25. The van der Waals surface area contributed by atoms with Gasteiger partial charge in [0.2, 0.25) is 0 Å². The molecular weight excluding hydrogens is 160 g/mol. The number of hydrogen-bond donors (Lipinski definition) is 3. The van der Waals surface area contributed by atoms with Crippen LogP contribution < -0.4 is 0 Å². The van der Waals surface area contributed by atoms with Gasteiger partial charge in [-0.25, -0.2) is 0 Å². The van der Waals surface area contributed by atoms with Crippen molar-refractivity contribution in [2.24, 2.45) is 0 Å². The highest BCUT2D eigenvalue weighted by Gasteiger charge is 2.25. The van der Waals surface area contributed by atoms with Crippen LogP contribution in [0.2, 0.25) is 0 Å². The maximum Gasteiger partial charge on any atom is 0.145 e. The van der Waals surface area contributed by atoms with Gasteiger partial charge in [-0.1, -0.05) is 6.08 Å². The number of rotatable bonds is 3. The van der Waals surface area contributed by atoms with Crippen molar-refractivity contribution in [3.05, 3.63) is 24.5 Å². The van der Waals surface area contributed by atoms with Crippen molar-refractivity contribution >= 4 is 0 Å². The van der Waals surface area contributed by atoms with Crippen LogP contribution in [0.1, 0.15) is 0 Å². The molecule has 3 atom stereocenters. The summed E-state index contributed by atoms with van der Waals surface area (Å²) in [7, 11) is 0. The Hall–Kier alpha value is -0.840. The zero-order valence-corrected chi connectivity index (χ0v) is 6.50. The van der Waals surface area contributed by atoms with Gasteiger partial charge in [0.05, 0.1) is 12.9 Å². The topological polar surface area (TPSA) is 69.9 Å². The molecule has 1 heterocycles. The molecule has 3 N–H and O–H groups in total. The first-order chi connectivity index (χ1) is 5.75. The fraction of sp³-hybridized carbons (Fsp3) is 0.500. The van der Waals surface area contributed by atoms with Gasteiger partial charge in [-0.3, -0.25) is 0 Å². The Labute approximate surface area is 70.4 Å². The molecule has 0 aromatic carbocycles. The zero-order valence-electron chi connectivity index (χ0n) is 6.50. The normalized spacial score (nSPS) is 26.4. The van der Waals surface area contributed by atoms with Crippen molar-refractivity contribution in [2.75, 3.05) is 6.61 Å². The van der Waals surface area contributed by atoms with Crippen LogP contribution in [0.4, 0.5) is 0 Å². The highest BCUT2D eigenvalue weighted by atomic mass is 16.5. The summed E-state index contributed by atoms with van der Waals surface area (Å²) in [5.41, 5.74) is 0. The fourth-order valence-corrected chi connectivity index (χ4v) is 0.922. The van der Waals surface area contributed by atoms with Crippen molar-refractivity contribution in [3.63, 3.8) is 0 Å². The van der Waals surface area contributed by atoms with Gasteiger partial charge in [-0.15, -0.1) is 0 Å². The first kappa shape index (κ1) is 9.25. The van der Waals surface area contributed by atoms with E-state index in [1.54, 1.807) is 18.2 Å². The van der Waals surface area contributed by atoms with Gasteiger partial charge in [0.25, 0.3) is 0 Å². The third-order valence-corrected chi connectivity index (χ3v) is 1.64. The van der Waals surface area contributed by atoms with Crippen LogP contribution in [0.3, 0.4) is 0 Å². The van der Waals surface area contributed by atoms with E-state index in [0.29, 0.717) is 0 Å². The molecule has 4 heteroatoms. The molecule has 0 fully saturated rings. The van der Waals surface area contributed by atoms with E-state index < -0.39 is 24.9 Å².